The van der Waals surface area contributed by atoms with Crippen molar-refractivity contribution < 1.29 is 9.59 Å². The summed E-state index contributed by atoms with van der Waals surface area (Å²) in [4.78, 5) is 20.6. The standard InChI is InChI=1S/C7H12NO2/c1-5(2)7(4-9)8-6(3)10/h5,7H,1-3H3,(H,8,10)/t7-/m0/s1. The van der Waals surface area contributed by atoms with E-state index >= 15 is 0 Å². The fraction of sp³-hybridized carbons (Fsp3) is 0.714. The normalized spacial score (nSPS) is 12.8. The summed E-state index contributed by atoms with van der Waals surface area (Å²) in [6.07, 6.45) is 1.75. The summed E-state index contributed by atoms with van der Waals surface area (Å²) < 4.78 is 0. The summed E-state index contributed by atoms with van der Waals surface area (Å²) in [6.45, 7) is 5.09. The highest BCUT2D eigenvalue weighted by Crippen LogP contribution is 1.97. The van der Waals surface area contributed by atoms with Crippen LogP contribution in [0.15, 0.2) is 0 Å². The maximum Gasteiger partial charge on any atom is 0.223 e. The van der Waals surface area contributed by atoms with E-state index in [1.165, 1.54) is 6.92 Å². The molecular weight excluding hydrogens is 130 g/mol. The van der Waals surface area contributed by atoms with Crippen LogP contribution in [0.1, 0.15) is 20.8 Å². The van der Waals surface area contributed by atoms with Crippen molar-refractivity contribution in [1.29, 1.82) is 0 Å². The van der Waals surface area contributed by atoms with Crippen LogP contribution in [-0.4, -0.2) is 18.2 Å². The predicted octanol–water partition coefficient (Wildman–Crippen LogP) is 0.257. The van der Waals surface area contributed by atoms with Gasteiger partial charge in [0.25, 0.3) is 0 Å². The highest BCUT2D eigenvalue weighted by atomic mass is 16.2. The van der Waals surface area contributed by atoms with Gasteiger partial charge in [-0.05, 0) is 5.92 Å². The van der Waals surface area contributed by atoms with E-state index in [1.807, 2.05) is 13.8 Å². The molecule has 10 heavy (non-hydrogen) atoms. The molecule has 1 radical (unpaired) electrons. The third kappa shape index (κ3) is 3.22. The Morgan fingerprint density at radius 1 is 1.50 bits per heavy atom. The highest BCUT2D eigenvalue weighted by Gasteiger charge is 2.12. The first-order valence-corrected chi connectivity index (χ1v) is 3.22. The van der Waals surface area contributed by atoms with Gasteiger partial charge in [-0.2, -0.15) is 0 Å². The maximum absolute atomic E-state index is 10.4. The first-order valence-electron chi connectivity index (χ1n) is 3.22. The van der Waals surface area contributed by atoms with Crippen LogP contribution in [0.4, 0.5) is 0 Å². The van der Waals surface area contributed by atoms with Gasteiger partial charge in [-0.3, -0.25) is 9.59 Å². The molecule has 0 unspecified atom stereocenters. The second-order valence-corrected chi connectivity index (χ2v) is 2.54. The van der Waals surface area contributed by atoms with Crippen LogP contribution < -0.4 is 5.32 Å². The lowest BCUT2D eigenvalue weighted by atomic mass is 10.1. The molecule has 0 aliphatic heterocycles. The third-order valence-electron chi connectivity index (χ3n) is 1.15. The molecule has 0 saturated carbocycles. The zero-order valence-electron chi connectivity index (χ0n) is 6.47. The lowest BCUT2D eigenvalue weighted by Crippen LogP contribution is -2.38. The number of amides is 1. The number of carbonyl (C=O) groups is 1. The summed E-state index contributed by atoms with van der Waals surface area (Å²) in [7, 11) is 0. The first kappa shape index (κ1) is 9.14. The van der Waals surface area contributed by atoms with Crippen LogP contribution in [0.3, 0.4) is 0 Å². The second kappa shape index (κ2) is 4.04. The highest BCUT2D eigenvalue weighted by molar-refractivity contribution is 5.77. The van der Waals surface area contributed by atoms with E-state index in [-0.39, 0.29) is 11.8 Å². The Labute approximate surface area is 60.8 Å². The number of hydrogen-bond donors (Lipinski definition) is 1. The lowest BCUT2D eigenvalue weighted by Gasteiger charge is -2.12. The SMILES string of the molecule is CC(=O)N[C@@H]([C]=O)C(C)C. The number of carbonyl (C=O) groups excluding carboxylic acids is 2. The topological polar surface area (TPSA) is 46.2 Å². The van der Waals surface area contributed by atoms with Crippen molar-refractivity contribution in [3.63, 3.8) is 0 Å². The van der Waals surface area contributed by atoms with E-state index in [1.54, 1.807) is 6.29 Å². The second-order valence-electron chi connectivity index (χ2n) is 2.54. The molecule has 3 nitrogen and oxygen atoms in total. The molecule has 0 heterocycles. The van der Waals surface area contributed by atoms with E-state index in [9.17, 15) is 9.59 Å². The molecule has 0 spiro atoms. The van der Waals surface area contributed by atoms with Crippen molar-refractivity contribution in [2.45, 2.75) is 26.8 Å². The molecule has 1 amide bonds. The van der Waals surface area contributed by atoms with Gasteiger partial charge in [0.1, 0.15) is 0 Å². The molecule has 1 atom stereocenters. The molecule has 0 aliphatic carbocycles. The van der Waals surface area contributed by atoms with Crippen LogP contribution in [0.25, 0.3) is 0 Å². The Morgan fingerprint density at radius 2 is 2.00 bits per heavy atom. The molecule has 0 aromatic rings. The van der Waals surface area contributed by atoms with Crippen LogP contribution in [0, 0.1) is 5.92 Å². The van der Waals surface area contributed by atoms with E-state index in [0.29, 0.717) is 0 Å². The number of nitrogens with one attached hydrogen (secondary N) is 1. The molecule has 0 fully saturated rings. The quantitative estimate of drug-likeness (QED) is 0.614. The summed E-state index contributed by atoms with van der Waals surface area (Å²) in [5.74, 6) is -0.0801. The van der Waals surface area contributed by atoms with Crippen LogP contribution in [0.5, 0.6) is 0 Å². The predicted molar refractivity (Wildman–Crippen MR) is 38.1 cm³/mol. The molecule has 0 rings (SSSR count). The van der Waals surface area contributed by atoms with Crippen molar-refractivity contribution >= 4 is 12.2 Å². The average molecular weight is 142 g/mol. The Balaban J connectivity index is 3.83. The monoisotopic (exact) mass is 142 g/mol. The molecule has 0 aliphatic rings. The fourth-order valence-corrected chi connectivity index (χ4v) is 0.551. The van der Waals surface area contributed by atoms with Gasteiger partial charge in [0, 0.05) is 6.92 Å². The Bertz CT molecular complexity index is 132. The maximum atomic E-state index is 10.4. The molecule has 0 aromatic carbocycles. The first-order chi connectivity index (χ1) is 4.57. The van der Waals surface area contributed by atoms with Crippen molar-refractivity contribution in [3.8, 4) is 0 Å². The average Bonchev–Trinajstić information content (AvgIpc) is 1.81. The van der Waals surface area contributed by atoms with E-state index < -0.39 is 6.04 Å². The van der Waals surface area contributed by atoms with E-state index in [4.69, 9.17) is 0 Å². The van der Waals surface area contributed by atoms with E-state index in [0.717, 1.165) is 0 Å². The van der Waals surface area contributed by atoms with Crippen molar-refractivity contribution in [2.24, 2.45) is 5.92 Å². The molecule has 0 aromatic heterocycles. The fourth-order valence-electron chi connectivity index (χ4n) is 0.551. The largest absolute Gasteiger partial charge is 0.346 e. The van der Waals surface area contributed by atoms with Gasteiger partial charge in [-0.15, -0.1) is 0 Å². The van der Waals surface area contributed by atoms with Gasteiger partial charge in [-0.25, -0.2) is 0 Å². The Hall–Kier alpha value is -0.860. The van der Waals surface area contributed by atoms with Gasteiger partial charge in [-0.1, -0.05) is 13.8 Å². The summed E-state index contributed by atoms with van der Waals surface area (Å²) in [5.41, 5.74) is 0. The molecule has 57 valence electrons. The Kier molecular flexibility index (Phi) is 3.69. The van der Waals surface area contributed by atoms with Crippen molar-refractivity contribution in [2.75, 3.05) is 0 Å². The van der Waals surface area contributed by atoms with Crippen LogP contribution >= 0.6 is 0 Å². The van der Waals surface area contributed by atoms with Gasteiger partial charge in [0.2, 0.25) is 12.2 Å². The summed E-state index contributed by atoms with van der Waals surface area (Å²) >= 11 is 0. The summed E-state index contributed by atoms with van der Waals surface area (Å²) in [6, 6.07) is -0.461. The van der Waals surface area contributed by atoms with Gasteiger partial charge in [0.05, 0.1) is 6.04 Å². The van der Waals surface area contributed by atoms with Crippen molar-refractivity contribution in [1.82, 2.24) is 5.32 Å². The molecule has 1 N–H and O–H groups in total. The van der Waals surface area contributed by atoms with Gasteiger partial charge in [0.15, 0.2) is 0 Å². The lowest BCUT2D eigenvalue weighted by molar-refractivity contribution is -0.119. The van der Waals surface area contributed by atoms with Crippen LogP contribution in [0.2, 0.25) is 0 Å². The minimum Gasteiger partial charge on any atom is -0.346 e. The van der Waals surface area contributed by atoms with Gasteiger partial charge < -0.3 is 5.32 Å². The van der Waals surface area contributed by atoms with E-state index in [2.05, 4.69) is 5.32 Å². The van der Waals surface area contributed by atoms with Gasteiger partial charge >= 0.3 is 0 Å². The summed E-state index contributed by atoms with van der Waals surface area (Å²) in [5, 5.41) is 2.47. The molecular formula is C7H12NO2. The molecule has 3 heteroatoms. The zero-order chi connectivity index (χ0) is 8.15. The zero-order valence-corrected chi connectivity index (χ0v) is 6.47. The number of hydrogen-bond acceptors (Lipinski definition) is 2. The minimum absolute atomic E-state index is 0.112. The Morgan fingerprint density at radius 3 is 2.10 bits per heavy atom. The smallest absolute Gasteiger partial charge is 0.223 e. The van der Waals surface area contributed by atoms with Crippen molar-refractivity contribution in [3.05, 3.63) is 0 Å². The van der Waals surface area contributed by atoms with Crippen LogP contribution in [-0.2, 0) is 9.59 Å². The molecule has 0 bridgehead atoms. The number of rotatable bonds is 3. The molecule has 0 saturated heterocycles. The minimum atomic E-state index is -0.461. The third-order valence-corrected chi connectivity index (χ3v) is 1.15.